The van der Waals surface area contributed by atoms with Crippen molar-refractivity contribution in [2.75, 3.05) is 0 Å². The van der Waals surface area contributed by atoms with Gasteiger partial charge in [0.2, 0.25) is 0 Å². The molecule has 90 valence electrons. The molecule has 0 radical (unpaired) electrons. The van der Waals surface area contributed by atoms with E-state index < -0.39 is 8.07 Å². The number of furan rings is 1. The largest absolute Gasteiger partial charge is 0.472 e. The topological polar surface area (TPSA) is 13.1 Å². The van der Waals surface area contributed by atoms with E-state index in [1.807, 2.05) is 6.26 Å². The lowest BCUT2D eigenvalue weighted by Crippen LogP contribution is -2.19. The first-order valence-electron chi connectivity index (χ1n) is 6.14. The maximum Gasteiger partial charge on any atom is 0.0934 e. The summed E-state index contributed by atoms with van der Waals surface area (Å²) >= 11 is 0. The minimum absolute atomic E-state index is 0.917. The van der Waals surface area contributed by atoms with Crippen LogP contribution < -0.4 is 0 Å². The van der Waals surface area contributed by atoms with Crippen LogP contribution in [0.2, 0.25) is 25.7 Å². The Kier molecular flexibility index (Phi) is 5.06. The molecular formula is C14H24OSi. The molecule has 0 aromatic carbocycles. The van der Waals surface area contributed by atoms with Crippen molar-refractivity contribution in [3.05, 3.63) is 35.8 Å². The first-order valence-corrected chi connectivity index (χ1v) is 9.85. The van der Waals surface area contributed by atoms with Gasteiger partial charge in [0, 0.05) is 8.07 Å². The van der Waals surface area contributed by atoms with Crippen molar-refractivity contribution in [2.45, 2.75) is 51.9 Å². The Balaban J connectivity index is 2.21. The third-order valence-electron chi connectivity index (χ3n) is 2.55. The molecule has 0 spiro atoms. The summed E-state index contributed by atoms with van der Waals surface area (Å²) in [6, 6.07) is 3.39. The van der Waals surface area contributed by atoms with Gasteiger partial charge in [0.1, 0.15) is 0 Å². The molecule has 0 aliphatic heterocycles. The third kappa shape index (κ3) is 5.96. The fourth-order valence-electron chi connectivity index (χ4n) is 2.00. The zero-order chi connectivity index (χ0) is 12.0. The standard InChI is InChI=1S/C14H24OSi/c1-13(12-16(2,3)4)7-5-6-8-14-9-10-15-11-14/h7,9-11H,5-6,8,12H2,1-4H3/b13-7+. The van der Waals surface area contributed by atoms with Crippen LogP contribution in [-0.2, 0) is 6.42 Å². The molecule has 1 nitrogen and oxygen atoms in total. The quantitative estimate of drug-likeness (QED) is 0.389. The van der Waals surface area contributed by atoms with E-state index in [1.54, 1.807) is 11.8 Å². The molecule has 1 rings (SSSR count). The second-order valence-electron chi connectivity index (χ2n) is 5.81. The van der Waals surface area contributed by atoms with Gasteiger partial charge in [-0.05, 0) is 43.9 Å². The summed E-state index contributed by atoms with van der Waals surface area (Å²) in [7, 11) is -0.917. The van der Waals surface area contributed by atoms with E-state index in [-0.39, 0.29) is 0 Å². The third-order valence-corrected chi connectivity index (χ3v) is 4.17. The van der Waals surface area contributed by atoms with Crippen molar-refractivity contribution >= 4 is 8.07 Å². The van der Waals surface area contributed by atoms with E-state index in [4.69, 9.17) is 4.42 Å². The van der Waals surface area contributed by atoms with Crippen LogP contribution >= 0.6 is 0 Å². The molecule has 0 aliphatic carbocycles. The van der Waals surface area contributed by atoms with Gasteiger partial charge in [-0.2, -0.15) is 0 Å². The Labute approximate surface area is 101 Å². The Morgan fingerprint density at radius 1 is 1.38 bits per heavy atom. The van der Waals surface area contributed by atoms with Crippen molar-refractivity contribution < 1.29 is 4.42 Å². The number of hydrogen-bond acceptors (Lipinski definition) is 1. The Bertz CT molecular complexity index is 317. The summed E-state index contributed by atoms with van der Waals surface area (Å²) in [5.74, 6) is 0. The summed E-state index contributed by atoms with van der Waals surface area (Å²) in [6.07, 6.45) is 9.57. The highest BCUT2D eigenvalue weighted by atomic mass is 28.3. The highest BCUT2D eigenvalue weighted by Crippen LogP contribution is 2.16. The fourth-order valence-corrected chi connectivity index (χ4v) is 3.82. The molecule has 0 saturated heterocycles. The minimum atomic E-state index is -0.917. The van der Waals surface area contributed by atoms with Gasteiger partial charge in [0.25, 0.3) is 0 Å². The van der Waals surface area contributed by atoms with Crippen LogP contribution in [0.1, 0.15) is 25.3 Å². The summed E-state index contributed by atoms with van der Waals surface area (Å²) in [5.41, 5.74) is 2.89. The lowest BCUT2D eigenvalue weighted by atomic mass is 10.1. The molecule has 1 aromatic heterocycles. The first kappa shape index (κ1) is 13.3. The Morgan fingerprint density at radius 2 is 2.12 bits per heavy atom. The van der Waals surface area contributed by atoms with E-state index in [0.717, 1.165) is 6.42 Å². The van der Waals surface area contributed by atoms with Gasteiger partial charge >= 0.3 is 0 Å². The van der Waals surface area contributed by atoms with Crippen LogP contribution in [-0.4, -0.2) is 8.07 Å². The van der Waals surface area contributed by atoms with E-state index in [1.165, 1.54) is 24.4 Å². The first-order chi connectivity index (χ1) is 7.47. The average Bonchev–Trinajstić information content (AvgIpc) is 2.62. The maximum atomic E-state index is 5.05. The minimum Gasteiger partial charge on any atom is -0.472 e. The van der Waals surface area contributed by atoms with Gasteiger partial charge in [0.15, 0.2) is 0 Å². The van der Waals surface area contributed by atoms with Crippen LogP contribution in [0.4, 0.5) is 0 Å². The Morgan fingerprint density at radius 3 is 2.69 bits per heavy atom. The van der Waals surface area contributed by atoms with Crippen molar-refractivity contribution in [3.8, 4) is 0 Å². The van der Waals surface area contributed by atoms with Crippen molar-refractivity contribution in [3.63, 3.8) is 0 Å². The van der Waals surface area contributed by atoms with Gasteiger partial charge in [-0.1, -0.05) is 31.3 Å². The summed E-state index contributed by atoms with van der Waals surface area (Å²) in [6.45, 7) is 9.55. The molecule has 0 amide bonds. The molecule has 1 aromatic rings. The molecular weight excluding hydrogens is 212 g/mol. The van der Waals surface area contributed by atoms with E-state index >= 15 is 0 Å². The summed E-state index contributed by atoms with van der Waals surface area (Å²) in [4.78, 5) is 0. The molecule has 2 heteroatoms. The zero-order valence-corrected chi connectivity index (χ0v) is 12.0. The van der Waals surface area contributed by atoms with E-state index in [0.29, 0.717) is 0 Å². The molecule has 0 bridgehead atoms. The maximum absolute atomic E-state index is 5.05. The second kappa shape index (κ2) is 6.09. The van der Waals surface area contributed by atoms with Gasteiger partial charge in [-0.3, -0.25) is 0 Å². The molecule has 0 aliphatic rings. The Hall–Kier alpha value is -0.763. The predicted octanol–water partition coefficient (Wildman–Crippen LogP) is 4.89. The monoisotopic (exact) mass is 236 g/mol. The van der Waals surface area contributed by atoms with Crippen molar-refractivity contribution in [1.29, 1.82) is 0 Å². The number of hydrogen-bond donors (Lipinski definition) is 0. The molecule has 0 N–H and O–H groups in total. The van der Waals surface area contributed by atoms with Gasteiger partial charge in [-0.25, -0.2) is 0 Å². The van der Waals surface area contributed by atoms with Crippen LogP contribution in [0.15, 0.2) is 34.7 Å². The van der Waals surface area contributed by atoms with Gasteiger partial charge < -0.3 is 4.42 Å². The highest BCUT2D eigenvalue weighted by molar-refractivity contribution is 6.76. The van der Waals surface area contributed by atoms with Crippen LogP contribution in [0.5, 0.6) is 0 Å². The van der Waals surface area contributed by atoms with Gasteiger partial charge in [-0.15, -0.1) is 0 Å². The second-order valence-corrected chi connectivity index (χ2v) is 11.3. The SMILES string of the molecule is C/C(=C\CCCc1ccoc1)C[Si](C)(C)C. The van der Waals surface area contributed by atoms with Crippen LogP contribution in [0.3, 0.4) is 0 Å². The molecule has 0 unspecified atom stereocenters. The normalized spacial score (nSPS) is 13.1. The smallest absolute Gasteiger partial charge is 0.0934 e. The number of allylic oxidation sites excluding steroid dienone is 2. The molecule has 16 heavy (non-hydrogen) atoms. The number of aryl methyl sites for hydroxylation is 1. The van der Waals surface area contributed by atoms with Crippen molar-refractivity contribution in [2.24, 2.45) is 0 Å². The van der Waals surface area contributed by atoms with Crippen molar-refractivity contribution in [1.82, 2.24) is 0 Å². The summed E-state index contributed by atoms with van der Waals surface area (Å²) < 4.78 is 5.05. The summed E-state index contributed by atoms with van der Waals surface area (Å²) in [5, 5.41) is 0. The highest BCUT2D eigenvalue weighted by Gasteiger charge is 2.12. The van der Waals surface area contributed by atoms with Crippen LogP contribution in [0.25, 0.3) is 0 Å². The molecule has 1 heterocycles. The molecule has 0 fully saturated rings. The molecule has 0 atom stereocenters. The van der Waals surface area contributed by atoms with Crippen LogP contribution in [0, 0.1) is 0 Å². The average molecular weight is 236 g/mol. The predicted molar refractivity (Wildman–Crippen MR) is 73.6 cm³/mol. The number of unbranched alkanes of at least 4 members (excludes halogenated alkanes) is 1. The lowest BCUT2D eigenvalue weighted by Gasteiger charge is -2.15. The number of rotatable bonds is 6. The zero-order valence-electron chi connectivity index (χ0n) is 11.0. The van der Waals surface area contributed by atoms with Gasteiger partial charge in [0.05, 0.1) is 12.5 Å². The molecule has 0 saturated carbocycles. The fraction of sp³-hybridized carbons (Fsp3) is 0.571. The van der Waals surface area contributed by atoms with E-state index in [2.05, 4.69) is 38.7 Å². The van der Waals surface area contributed by atoms with E-state index in [9.17, 15) is 0 Å². The lowest BCUT2D eigenvalue weighted by molar-refractivity contribution is 0.563.